The van der Waals surface area contributed by atoms with Crippen LogP contribution in [-0.2, 0) is 0 Å². The van der Waals surface area contributed by atoms with Gasteiger partial charge in [0.25, 0.3) is 5.69 Å². The first-order chi connectivity index (χ1) is 9.47. The Kier molecular flexibility index (Phi) is 4.52. The molecule has 20 heavy (non-hydrogen) atoms. The number of halogens is 2. The van der Waals surface area contributed by atoms with E-state index in [4.69, 9.17) is 11.6 Å². The number of rotatable bonds is 3. The van der Waals surface area contributed by atoms with Gasteiger partial charge >= 0.3 is 0 Å². The average molecular weight is 354 g/mol. The summed E-state index contributed by atoms with van der Waals surface area (Å²) in [5.41, 5.74) is 2.29. The number of aliphatic imine (C=N–C) groups is 1. The zero-order chi connectivity index (χ0) is 14.7. The molecule has 0 aliphatic heterocycles. The number of hydrogen-bond acceptors (Lipinski definition) is 3. The topological polar surface area (TPSA) is 55.5 Å². The molecule has 0 saturated carbocycles. The molecule has 0 atom stereocenters. The summed E-state index contributed by atoms with van der Waals surface area (Å²) < 4.78 is 0.974. The highest BCUT2D eigenvalue weighted by Crippen LogP contribution is 2.24. The summed E-state index contributed by atoms with van der Waals surface area (Å²) in [6, 6.07) is 9.96. The molecule has 2 aromatic rings. The summed E-state index contributed by atoms with van der Waals surface area (Å²) in [7, 11) is 0. The quantitative estimate of drug-likeness (QED) is 0.439. The molecule has 0 aliphatic rings. The molecule has 0 saturated heterocycles. The van der Waals surface area contributed by atoms with Crippen molar-refractivity contribution in [2.45, 2.75) is 6.92 Å². The molecule has 2 rings (SSSR count). The van der Waals surface area contributed by atoms with Gasteiger partial charge < -0.3 is 0 Å². The number of nitrogens with zero attached hydrogens (tertiary/aromatic N) is 2. The monoisotopic (exact) mass is 352 g/mol. The summed E-state index contributed by atoms with van der Waals surface area (Å²) in [6.07, 6.45) is 1.53. The number of nitro benzene ring substituents is 1. The Labute approximate surface area is 129 Å². The van der Waals surface area contributed by atoms with Gasteiger partial charge in [-0.25, -0.2) is 0 Å². The number of nitro groups is 1. The predicted octanol–water partition coefficient (Wildman–Crippen LogP) is 5.07. The SMILES string of the molecule is Cc1cc(Br)ccc1N=Cc1cc([N+](=O)[O-])ccc1Cl. The first-order valence-electron chi connectivity index (χ1n) is 5.71. The van der Waals surface area contributed by atoms with Crippen LogP contribution in [0.1, 0.15) is 11.1 Å². The minimum absolute atomic E-state index is 0.0108. The zero-order valence-electron chi connectivity index (χ0n) is 10.5. The van der Waals surface area contributed by atoms with Crippen molar-refractivity contribution in [3.05, 3.63) is 67.1 Å². The molecule has 102 valence electrons. The highest BCUT2D eigenvalue weighted by Gasteiger charge is 2.08. The fraction of sp³-hybridized carbons (Fsp3) is 0.0714. The molecule has 0 spiro atoms. The molecule has 0 N–H and O–H groups in total. The molecule has 2 aromatic carbocycles. The maximum atomic E-state index is 10.7. The van der Waals surface area contributed by atoms with Gasteiger partial charge in [-0.2, -0.15) is 0 Å². The Morgan fingerprint density at radius 2 is 2.05 bits per heavy atom. The van der Waals surface area contributed by atoms with Gasteiger partial charge in [0.05, 0.1) is 10.6 Å². The van der Waals surface area contributed by atoms with Crippen LogP contribution in [0.3, 0.4) is 0 Å². The van der Waals surface area contributed by atoms with E-state index in [1.807, 2.05) is 25.1 Å². The minimum atomic E-state index is -0.460. The Morgan fingerprint density at radius 1 is 1.30 bits per heavy atom. The first-order valence-corrected chi connectivity index (χ1v) is 6.88. The van der Waals surface area contributed by atoms with E-state index in [-0.39, 0.29) is 5.69 Å². The van der Waals surface area contributed by atoms with Crippen molar-refractivity contribution >= 4 is 45.1 Å². The van der Waals surface area contributed by atoms with Crippen LogP contribution in [-0.4, -0.2) is 11.1 Å². The molecule has 0 amide bonds. The third-order valence-corrected chi connectivity index (χ3v) is 3.53. The third kappa shape index (κ3) is 3.43. The van der Waals surface area contributed by atoms with Gasteiger partial charge in [-0.05, 0) is 36.8 Å². The molecule has 0 bridgehead atoms. The van der Waals surface area contributed by atoms with Crippen LogP contribution in [0.4, 0.5) is 11.4 Å². The molecular weight excluding hydrogens is 344 g/mol. The molecule has 0 radical (unpaired) electrons. The maximum Gasteiger partial charge on any atom is 0.270 e. The standard InChI is InChI=1S/C14H10BrClN2O2/c1-9-6-11(15)2-5-14(9)17-8-10-7-12(18(19)20)3-4-13(10)16/h2-8H,1H3. The summed E-state index contributed by atoms with van der Waals surface area (Å²) in [5.74, 6) is 0. The summed E-state index contributed by atoms with van der Waals surface area (Å²) in [5, 5.41) is 11.2. The van der Waals surface area contributed by atoms with Crippen LogP contribution in [0.15, 0.2) is 45.9 Å². The van der Waals surface area contributed by atoms with Crippen molar-refractivity contribution in [1.29, 1.82) is 0 Å². The summed E-state index contributed by atoms with van der Waals surface area (Å²) >= 11 is 9.39. The molecule has 0 unspecified atom stereocenters. The lowest BCUT2D eigenvalue weighted by Crippen LogP contribution is -1.91. The summed E-state index contributed by atoms with van der Waals surface area (Å²) in [4.78, 5) is 14.6. The zero-order valence-corrected chi connectivity index (χ0v) is 12.9. The smallest absolute Gasteiger partial charge is 0.258 e. The van der Waals surface area contributed by atoms with Crippen LogP contribution in [0.5, 0.6) is 0 Å². The van der Waals surface area contributed by atoms with Crippen molar-refractivity contribution in [2.75, 3.05) is 0 Å². The van der Waals surface area contributed by atoms with Crippen LogP contribution in [0.2, 0.25) is 5.02 Å². The second-order valence-electron chi connectivity index (χ2n) is 4.15. The van der Waals surface area contributed by atoms with Gasteiger partial charge in [0.2, 0.25) is 0 Å². The van der Waals surface area contributed by atoms with E-state index in [1.54, 1.807) is 0 Å². The Bertz CT molecular complexity index is 702. The number of non-ortho nitro benzene ring substituents is 1. The highest BCUT2D eigenvalue weighted by atomic mass is 79.9. The number of benzene rings is 2. The van der Waals surface area contributed by atoms with Crippen molar-refractivity contribution in [1.82, 2.24) is 0 Å². The van der Waals surface area contributed by atoms with E-state index in [9.17, 15) is 10.1 Å². The van der Waals surface area contributed by atoms with Crippen molar-refractivity contribution in [3.8, 4) is 0 Å². The van der Waals surface area contributed by atoms with Crippen molar-refractivity contribution in [2.24, 2.45) is 4.99 Å². The first kappa shape index (κ1) is 14.7. The maximum absolute atomic E-state index is 10.7. The van der Waals surface area contributed by atoms with Gasteiger partial charge in [0, 0.05) is 33.4 Å². The van der Waals surface area contributed by atoms with Gasteiger partial charge in [-0.3, -0.25) is 15.1 Å². The summed E-state index contributed by atoms with van der Waals surface area (Å²) in [6.45, 7) is 1.94. The van der Waals surface area contributed by atoms with Crippen LogP contribution in [0, 0.1) is 17.0 Å². The minimum Gasteiger partial charge on any atom is -0.258 e. The van der Waals surface area contributed by atoms with Crippen LogP contribution < -0.4 is 0 Å². The lowest BCUT2D eigenvalue weighted by atomic mass is 10.2. The molecule has 0 aliphatic carbocycles. The van der Waals surface area contributed by atoms with E-state index in [0.29, 0.717) is 10.6 Å². The number of hydrogen-bond donors (Lipinski definition) is 0. The van der Waals surface area contributed by atoms with Gasteiger partial charge in [0.15, 0.2) is 0 Å². The molecule has 0 heterocycles. The van der Waals surface area contributed by atoms with Gasteiger partial charge in [-0.1, -0.05) is 27.5 Å². The van der Waals surface area contributed by atoms with Gasteiger partial charge in [-0.15, -0.1) is 0 Å². The normalized spacial score (nSPS) is 10.9. The molecule has 0 fully saturated rings. The van der Waals surface area contributed by atoms with E-state index >= 15 is 0 Å². The third-order valence-electron chi connectivity index (χ3n) is 2.69. The Morgan fingerprint density at radius 3 is 2.70 bits per heavy atom. The lowest BCUT2D eigenvalue weighted by molar-refractivity contribution is -0.384. The molecule has 4 nitrogen and oxygen atoms in total. The van der Waals surface area contributed by atoms with Crippen molar-refractivity contribution in [3.63, 3.8) is 0 Å². The highest BCUT2D eigenvalue weighted by molar-refractivity contribution is 9.10. The van der Waals surface area contributed by atoms with E-state index in [0.717, 1.165) is 15.7 Å². The Balaban J connectivity index is 2.35. The second kappa shape index (κ2) is 6.15. The van der Waals surface area contributed by atoms with E-state index in [2.05, 4.69) is 20.9 Å². The molecular formula is C14H10BrClN2O2. The predicted molar refractivity (Wildman–Crippen MR) is 84.2 cm³/mol. The largest absolute Gasteiger partial charge is 0.270 e. The van der Waals surface area contributed by atoms with Crippen LogP contribution >= 0.6 is 27.5 Å². The average Bonchev–Trinajstić information content (AvgIpc) is 2.39. The van der Waals surface area contributed by atoms with Gasteiger partial charge in [0.1, 0.15) is 0 Å². The molecule has 0 aromatic heterocycles. The fourth-order valence-electron chi connectivity index (χ4n) is 1.65. The lowest BCUT2D eigenvalue weighted by Gasteiger charge is -2.01. The van der Waals surface area contributed by atoms with Crippen molar-refractivity contribution < 1.29 is 4.92 Å². The van der Waals surface area contributed by atoms with E-state index in [1.165, 1.54) is 24.4 Å². The molecule has 6 heteroatoms. The fourth-order valence-corrected chi connectivity index (χ4v) is 2.29. The Hall–Kier alpha value is -1.72. The van der Waals surface area contributed by atoms with Crippen LogP contribution in [0.25, 0.3) is 0 Å². The van der Waals surface area contributed by atoms with E-state index < -0.39 is 4.92 Å². The number of aryl methyl sites for hydroxylation is 1. The second-order valence-corrected chi connectivity index (χ2v) is 5.47.